The minimum Gasteiger partial charge on any atom is -0.437 e. The molecule has 4 heteroatoms. The number of hydrogen-bond donors (Lipinski definition) is 1. The van der Waals surface area contributed by atoms with E-state index < -0.39 is 0 Å². The van der Waals surface area contributed by atoms with E-state index in [-0.39, 0.29) is 0 Å². The first kappa shape index (κ1) is 13.1. The molecular weight excluding hydrogens is 238 g/mol. The number of aryl methyl sites for hydroxylation is 1. The first-order valence-electron chi connectivity index (χ1n) is 6.02. The third kappa shape index (κ3) is 2.90. The van der Waals surface area contributed by atoms with Gasteiger partial charge in [0.15, 0.2) is 0 Å². The molecule has 0 saturated heterocycles. The highest BCUT2D eigenvalue weighted by Gasteiger charge is 2.10. The highest BCUT2D eigenvalue weighted by molar-refractivity contribution is 5.46. The number of nitriles is 1. The number of ether oxygens (including phenoxy) is 1. The zero-order valence-electron chi connectivity index (χ0n) is 11.0. The zero-order chi connectivity index (χ0) is 13.7. The van der Waals surface area contributed by atoms with Crippen LogP contribution in [0.25, 0.3) is 0 Å². The molecule has 1 N–H and O–H groups in total. The smallest absolute Gasteiger partial charge is 0.237 e. The van der Waals surface area contributed by atoms with Crippen molar-refractivity contribution >= 4 is 0 Å². The van der Waals surface area contributed by atoms with Gasteiger partial charge in [-0.05, 0) is 31.7 Å². The average Bonchev–Trinajstić information content (AvgIpc) is 2.41. The Morgan fingerprint density at radius 3 is 2.84 bits per heavy atom. The normalized spacial score (nSPS) is 9.95. The number of nitrogens with one attached hydrogen (secondary N) is 1. The molecule has 4 nitrogen and oxygen atoms in total. The van der Waals surface area contributed by atoms with Crippen LogP contribution in [0, 0.1) is 18.3 Å². The minimum absolute atomic E-state index is 0.353. The molecule has 19 heavy (non-hydrogen) atoms. The molecule has 0 aliphatic carbocycles. The van der Waals surface area contributed by atoms with E-state index in [1.54, 1.807) is 12.3 Å². The van der Waals surface area contributed by atoms with Gasteiger partial charge in [0, 0.05) is 18.3 Å². The van der Waals surface area contributed by atoms with Crippen LogP contribution in [-0.4, -0.2) is 12.0 Å². The summed E-state index contributed by atoms with van der Waals surface area (Å²) in [7, 11) is 1.88. The van der Waals surface area contributed by atoms with Crippen molar-refractivity contribution in [1.29, 1.82) is 5.26 Å². The van der Waals surface area contributed by atoms with E-state index >= 15 is 0 Å². The number of aromatic nitrogens is 1. The third-order valence-corrected chi connectivity index (χ3v) is 2.78. The molecule has 0 atom stereocenters. The average molecular weight is 253 g/mol. The summed E-state index contributed by atoms with van der Waals surface area (Å²) in [6.45, 7) is 2.57. The molecule has 0 bridgehead atoms. The van der Waals surface area contributed by atoms with E-state index in [2.05, 4.69) is 16.4 Å². The van der Waals surface area contributed by atoms with E-state index in [1.165, 1.54) is 0 Å². The van der Waals surface area contributed by atoms with Gasteiger partial charge in [0.25, 0.3) is 0 Å². The van der Waals surface area contributed by atoms with Crippen molar-refractivity contribution in [2.24, 2.45) is 0 Å². The Morgan fingerprint density at radius 2 is 2.11 bits per heavy atom. The highest BCUT2D eigenvalue weighted by Crippen LogP contribution is 2.27. The fraction of sp³-hybridized carbons (Fsp3) is 0.200. The summed E-state index contributed by atoms with van der Waals surface area (Å²) >= 11 is 0. The number of benzene rings is 1. The highest BCUT2D eigenvalue weighted by atomic mass is 16.5. The van der Waals surface area contributed by atoms with Crippen molar-refractivity contribution in [2.75, 3.05) is 7.05 Å². The Balaban J connectivity index is 2.37. The molecule has 0 saturated carbocycles. The van der Waals surface area contributed by atoms with Crippen LogP contribution in [0.5, 0.6) is 11.6 Å². The Kier molecular flexibility index (Phi) is 4.11. The van der Waals surface area contributed by atoms with Gasteiger partial charge in [-0.1, -0.05) is 18.2 Å². The van der Waals surface area contributed by atoms with Gasteiger partial charge in [0.2, 0.25) is 5.88 Å². The summed E-state index contributed by atoms with van der Waals surface area (Å²) in [6, 6.07) is 11.6. The van der Waals surface area contributed by atoms with Gasteiger partial charge in [0.05, 0.1) is 0 Å². The van der Waals surface area contributed by atoms with Gasteiger partial charge in [-0.2, -0.15) is 5.26 Å². The molecule has 0 fully saturated rings. The standard InChI is InChI=1S/C15H15N3O/c1-11-7-8-18-15(13(11)9-16)19-14-6-4-3-5-12(14)10-17-2/h3-8,17H,10H2,1-2H3. The summed E-state index contributed by atoms with van der Waals surface area (Å²) in [5.41, 5.74) is 2.36. The predicted octanol–water partition coefficient (Wildman–Crippen LogP) is 2.77. The van der Waals surface area contributed by atoms with E-state index in [0.717, 1.165) is 11.1 Å². The molecule has 1 aromatic heterocycles. The van der Waals surface area contributed by atoms with Crippen LogP contribution in [0.1, 0.15) is 16.7 Å². The van der Waals surface area contributed by atoms with Gasteiger partial charge in [-0.15, -0.1) is 0 Å². The molecule has 1 heterocycles. The summed E-state index contributed by atoms with van der Waals surface area (Å²) in [5, 5.41) is 12.3. The number of pyridine rings is 1. The molecule has 0 aliphatic rings. The van der Waals surface area contributed by atoms with Crippen LogP contribution >= 0.6 is 0 Å². The van der Waals surface area contributed by atoms with Gasteiger partial charge >= 0.3 is 0 Å². The van der Waals surface area contributed by atoms with Crippen molar-refractivity contribution in [2.45, 2.75) is 13.5 Å². The third-order valence-electron chi connectivity index (χ3n) is 2.78. The van der Waals surface area contributed by atoms with Gasteiger partial charge < -0.3 is 10.1 Å². The van der Waals surface area contributed by atoms with Crippen LogP contribution in [-0.2, 0) is 6.54 Å². The summed E-state index contributed by atoms with van der Waals surface area (Å²) in [5.74, 6) is 1.07. The predicted molar refractivity (Wildman–Crippen MR) is 73.0 cm³/mol. The molecule has 0 spiro atoms. The lowest BCUT2D eigenvalue weighted by molar-refractivity contribution is 0.453. The topological polar surface area (TPSA) is 57.9 Å². The molecule has 2 rings (SSSR count). The first-order chi connectivity index (χ1) is 9.26. The van der Waals surface area contributed by atoms with Crippen molar-refractivity contribution < 1.29 is 4.74 Å². The second-order valence-electron chi connectivity index (χ2n) is 4.16. The first-order valence-corrected chi connectivity index (χ1v) is 6.02. The second kappa shape index (κ2) is 5.98. The quantitative estimate of drug-likeness (QED) is 0.910. The van der Waals surface area contributed by atoms with Crippen LogP contribution in [0.15, 0.2) is 36.5 Å². The van der Waals surface area contributed by atoms with Crippen molar-refractivity contribution in [3.63, 3.8) is 0 Å². The fourth-order valence-corrected chi connectivity index (χ4v) is 1.79. The number of para-hydroxylation sites is 1. The summed E-state index contributed by atoms with van der Waals surface area (Å²) in [4.78, 5) is 4.14. The van der Waals surface area contributed by atoms with E-state index in [4.69, 9.17) is 10.00 Å². The zero-order valence-corrected chi connectivity index (χ0v) is 11.0. The minimum atomic E-state index is 0.353. The fourth-order valence-electron chi connectivity index (χ4n) is 1.79. The molecule has 0 aliphatic heterocycles. The maximum absolute atomic E-state index is 9.17. The molecular formula is C15H15N3O. The summed E-state index contributed by atoms with van der Waals surface area (Å²) < 4.78 is 5.79. The Morgan fingerprint density at radius 1 is 1.32 bits per heavy atom. The molecule has 0 amide bonds. The molecule has 0 radical (unpaired) electrons. The van der Waals surface area contributed by atoms with Gasteiger partial charge in [-0.3, -0.25) is 0 Å². The second-order valence-corrected chi connectivity index (χ2v) is 4.16. The Labute approximate surface area is 112 Å². The van der Waals surface area contributed by atoms with Gasteiger partial charge in [-0.25, -0.2) is 4.98 Å². The lowest BCUT2D eigenvalue weighted by atomic mass is 10.1. The Hall–Kier alpha value is -2.38. The number of rotatable bonds is 4. The molecule has 1 aromatic carbocycles. The molecule has 2 aromatic rings. The number of nitrogens with zero attached hydrogens (tertiary/aromatic N) is 2. The van der Waals surface area contributed by atoms with E-state index in [1.807, 2.05) is 38.2 Å². The van der Waals surface area contributed by atoms with Crippen LogP contribution < -0.4 is 10.1 Å². The molecule has 96 valence electrons. The Bertz CT molecular complexity index is 617. The maximum Gasteiger partial charge on any atom is 0.237 e. The van der Waals surface area contributed by atoms with Crippen molar-refractivity contribution in [1.82, 2.24) is 10.3 Å². The number of hydrogen-bond acceptors (Lipinski definition) is 4. The van der Waals surface area contributed by atoms with Crippen LogP contribution in [0.2, 0.25) is 0 Å². The SMILES string of the molecule is CNCc1ccccc1Oc1nccc(C)c1C#N. The van der Waals surface area contributed by atoms with E-state index in [0.29, 0.717) is 23.7 Å². The summed E-state index contributed by atoms with van der Waals surface area (Å²) in [6.07, 6.45) is 1.65. The maximum atomic E-state index is 9.17. The monoisotopic (exact) mass is 253 g/mol. The van der Waals surface area contributed by atoms with E-state index in [9.17, 15) is 0 Å². The van der Waals surface area contributed by atoms with Crippen molar-refractivity contribution in [3.05, 3.63) is 53.2 Å². The van der Waals surface area contributed by atoms with Crippen LogP contribution in [0.4, 0.5) is 0 Å². The lowest BCUT2D eigenvalue weighted by Gasteiger charge is -2.11. The lowest BCUT2D eigenvalue weighted by Crippen LogP contribution is -2.06. The molecule has 0 unspecified atom stereocenters. The van der Waals surface area contributed by atoms with Crippen molar-refractivity contribution in [3.8, 4) is 17.7 Å². The van der Waals surface area contributed by atoms with Gasteiger partial charge in [0.1, 0.15) is 17.4 Å². The van der Waals surface area contributed by atoms with Crippen LogP contribution in [0.3, 0.4) is 0 Å². The largest absolute Gasteiger partial charge is 0.437 e.